The molecule has 190 valence electrons. The van der Waals surface area contributed by atoms with Crippen molar-refractivity contribution >= 4 is 16.8 Å². The molecule has 4 saturated carbocycles. The molecule has 1 heterocycles. The number of aliphatic hydroxyl groups is 1. The fraction of sp³-hybridized carbons (Fsp3) is 0.759. The predicted molar refractivity (Wildman–Crippen MR) is 133 cm³/mol. The molecule has 0 unspecified atom stereocenters. The molecule has 1 aromatic heterocycles. The molecule has 5 nitrogen and oxygen atoms in total. The lowest BCUT2D eigenvalue weighted by atomic mass is 9.42. The number of ketones is 1. The summed E-state index contributed by atoms with van der Waals surface area (Å²) in [6.07, 6.45) is 11.2. The maximum Gasteiger partial charge on any atom is 0.157 e. The minimum Gasteiger partial charge on any atom is -0.390 e. The average Bonchev–Trinajstić information content (AvgIpc) is 3.38. The lowest BCUT2D eigenvalue weighted by molar-refractivity contribution is -0.158. The molecule has 0 bridgehead atoms. The Balaban J connectivity index is 1.23. The quantitative estimate of drug-likeness (QED) is 0.587. The Hall–Kier alpha value is -1.82. The van der Waals surface area contributed by atoms with Crippen molar-refractivity contribution in [3.63, 3.8) is 0 Å². The molecule has 1 N–H and O–H groups in total. The Labute approximate surface area is 207 Å². The molecule has 4 fully saturated rings. The largest absolute Gasteiger partial charge is 0.390 e. The van der Waals surface area contributed by atoms with Gasteiger partial charge < -0.3 is 5.11 Å². The number of benzene rings is 1. The Morgan fingerprint density at radius 2 is 1.94 bits per heavy atom. The molecule has 8 atom stereocenters. The second kappa shape index (κ2) is 8.09. The highest BCUT2D eigenvalue weighted by atomic mass is 19.1. The number of rotatable bonds is 4. The molecule has 0 amide bonds. The molecule has 4 aliphatic carbocycles. The van der Waals surface area contributed by atoms with E-state index in [1.165, 1.54) is 37.8 Å². The molecule has 0 aliphatic heterocycles. The third-order valence-electron chi connectivity index (χ3n) is 11.5. The van der Waals surface area contributed by atoms with Crippen molar-refractivity contribution in [3.8, 4) is 0 Å². The molecule has 0 radical (unpaired) electrons. The summed E-state index contributed by atoms with van der Waals surface area (Å²) in [7, 11) is 0. The highest BCUT2D eigenvalue weighted by Gasteiger charge is 2.62. The van der Waals surface area contributed by atoms with Gasteiger partial charge in [0.15, 0.2) is 5.78 Å². The van der Waals surface area contributed by atoms with Gasteiger partial charge in [-0.05, 0) is 118 Å². The molecular formula is C29H40FN3O2. The number of carbonyl (C=O) groups excluding carboxylic acids is 1. The molecule has 4 aliphatic rings. The molecule has 2 aromatic rings. The molecule has 6 rings (SSSR count). The van der Waals surface area contributed by atoms with Crippen LogP contribution in [0.25, 0.3) is 11.0 Å². The Kier molecular flexibility index (Phi) is 5.45. The van der Waals surface area contributed by atoms with Crippen LogP contribution >= 0.6 is 0 Å². The second-order valence-corrected chi connectivity index (χ2v) is 13.0. The summed E-state index contributed by atoms with van der Waals surface area (Å²) >= 11 is 0. The van der Waals surface area contributed by atoms with Gasteiger partial charge in [-0.1, -0.05) is 19.1 Å². The molecule has 35 heavy (non-hydrogen) atoms. The number of hydrogen-bond acceptors (Lipinski definition) is 4. The number of nitrogens with zero attached hydrogens (tertiary/aromatic N) is 3. The van der Waals surface area contributed by atoms with Gasteiger partial charge in [0.05, 0.1) is 11.1 Å². The van der Waals surface area contributed by atoms with Crippen LogP contribution < -0.4 is 0 Å². The summed E-state index contributed by atoms with van der Waals surface area (Å²) in [6, 6.07) is 4.46. The summed E-state index contributed by atoms with van der Waals surface area (Å²) in [6.45, 7) is 7.05. The second-order valence-electron chi connectivity index (χ2n) is 13.0. The smallest absolute Gasteiger partial charge is 0.157 e. The number of carbonyl (C=O) groups is 1. The fourth-order valence-corrected chi connectivity index (χ4v) is 9.79. The van der Waals surface area contributed by atoms with Gasteiger partial charge in [-0.25, -0.2) is 9.07 Å². The van der Waals surface area contributed by atoms with Crippen molar-refractivity contribution in [2.45, 2.75) is 97.1 Å². The standard InChI is InChI=1S/C29H40FN3O2/c1-4-29-14-13-27(2,35)16-18(29)5-7-20-21-8-9-23(28(21,3)12-11-22(20)29)26(34)17-33-25-10-6-19(30)15-24(25)31-32-33/h6,10,15,18,20-23,35H,4-5,7-9,11-14,16-17H2,1-3H3/t18-,20+,21+,22+,23-,27-,28+,29+/m1/s1. The molecule has 6 heteroatoms. The highest BCUT2D eigenvalue weighted by Crippen LogP contribution is 2.69. The van der Waals surface area contributed by atoms with E-state index < -0.39 is 5.60 Å². The van der Waals surface area contributed by atoms with E-state index in [1.54, 1.807) is 10.7 Å². The van der Waals surface area contributed by atoms with E-state index in [9.17, 15) is 14.3 Å². The van der Waals surface area contributed by atoms with E-state index in [2.05, 4.69) is 24.2 Å². The third-order valence-corrected chi connectivity index (χ3v) is 11.5. The first-order chi connectivity index (χ1) is 16.7. The minimum atomic E-state index is -0.498. The Morgan fingerprint density at radius 1 is 1.11 bits per heavy atom. The predicted octanol–water partition coefficient (Wildman–Crippen LogP) is 5.94. The average molecular weight is 482 g/mol. The fourth-order valence-electron chi connectivity index (χ4n) is 9.79. The van der Waals surface area contributed by atoms with Gasteiger partial charge in [0.2, 0.25) is 0 Å². The number of fused-ring (bicyclic) bond motifs is 6. The van der Waals surface area contributed by atoms with E-state index in [4.69, 9.17) is 0 Å². The van der Waals surface area contributed by atoms with Crippen LogP contribution in [0, 0.1) is 46.2 Å². The van der Waals surface area contributed by atoms with Crippen LogP contribution in [0.3, 0.4) is 0 Å². The van der Waals surface area contributed by atoms with E-state index in [0.29, 0.717) is 28.7 Å². The SMILES string of the molecule is CC[C@]12CC[C@@](C)(O)C[C@H]1CC[C@H]1[C@@H]3CC[C@H](C(=O)Cn4nnc5cc(F)ccc54)[C@@]3(C)CC[C@@H]12. The van der Waals surface area contributed by atoms with Gasteiger partial charge in [0, 0.05) is 12.0 Å². The zero-order chi connectivity index (χ0) is 24.6. The van der Waals surface area contributed by atoms with Crippen LogP contribution in [0.2, 0.25) is 0 Å². The van der Waals surface area contributed by atoms with Crippen LogP contribution in [0.15, 0.2) is 18.2 Å². The maximum absolute atomic E-state index is 13.7. The Morgan fingerprint density at radius 3 is 2.74 bits per heavy atom. The zero-order valence-electron chi connectivity index (χ0n) is 21.5. The van der Waals surface area contributed by atoms with Gasteiger partial charge in [-0.3, -0.25) is 4.79 Å². The van der Waals surface area contributed by atoms with Crippen LogP contribution in [-0.2, 0) is 11.3 Å². The molecule has 0 saturated heterocycles. The summed E-state index contributed by atoms with van der Waals surface area (Å²) in [4.78, 5) is 13.7. The van der Waals surface area contributed by atoms with Crippen molar-refractivity contribution < 1.29 is 14.3 Å². The van der Waals surface area contributed by atoms with Crippen molar-refractivity contribution in [3.05, 3.63) is 24.0 Å². The monoisotopic (exact) mass is 481 g/mol. The van der Waals surface area contributed by atoms with Crippen molar-refractivity contribution in [1.29, 1.82) is 0 Å². The maximum atomic E-state index is 13.7. The van der Waals surface area contributed by atoms with E-state index in [-0.39, 0.29) is 29.5 Å². The first-order valence-electron chi connectivity index (χ1n) is 13.9. The van der Waals surface area contributed by atoms with Crippen molar-refractivity contribution in [2.24, 2.45) is 40.4 Å². The zero-order valence-corrected chi connectivity index (χ0v) is 21.5. The van der Waals surface area contributed by atoms with E-state index in [1.807, 2.05) is 6.92 Å². The van der Waals surface area contributed by atoms with Gasteiger partial charge >= 0.3 is 0 Å². The number of hydrogen-bond donors (Lipinski definition) is 1. The lowest BCUT2D eigenvalue weighted by Crippen LogP contribution is -2.56. The van der Waals surface area contributed by atoms with Crippen molar-refractivity contribution in [1.82, 2.24) is 15.0 Å². The number of aromatic nitrogens is 3. The Bertz CT molecular complexity index is 1140. The van der Waals surface area contributed by atoms with Gasteiger partial charge in [0.1, 0.15) is 17.9 Å². The normalized spacial score (nSPS) is 42.9. The first-order valence-corrected chi connectivity index (χ1v) is 13.9. The molecular weight excluding hydrogens is 441 g/mol. The molecule has 0 spiro atoms. The third kappa shape index (κ3) is 3.53. The van der Waals surface area contributed by atoms with Crippen LogP contribution in [-0.4, -0.2) is 31.5 Å². The van der Waals surface area contributed by atoms with Crippen LogP contribution in [0.5, 0.6) is 0 Å². The topological polar surface area (TPSA) is 68.0 Å². The van der Waals surface area contributed by atoms with Gasteiger partial charge in [-0.15, -0.1) is 5.10 Å². The summed E-state index contributed by atoms with van der Waals surface area (Å²) < 4.78 is 15.2. The van der Waals surface area contributed by atoms with Gasteiger partial charge in [0.25, 0.3) is 0 Å². The number of Topliss-reactive ketones (excluding diaryl/α,β-unsaturated/α-hetero) is 1. The van der Waals surface area contributed by atoms with Crippen molar-refractivity contribution in [2.75, 3.05) is 0 Å². The van der Waals surface area contributed by atoms with E-state index >= 15 is 0 Å². The molecule has 1 aromatic carbocycles. The highest BCUT2D eigenvalue weighted by molar-refractivity contribution is 5.84. The van der Waals surface area contributed by atoms with E-state index in [0.717, 1.165) is 50.0 Å². The lowest BCUT2D eigenvalue weighted by Gasteiger charge is -2.63. The van der Waals surface area contributed by atoms with Crippen LogP contribution in [0.4, 0.5) is 4.39 Å². The minimum absolute atomic E-state index is 0.0582. The van der Waals surface area contributed by atoms with Crippen LogP contribution in [0.1, 0.15) is 85.0 Å². The number of halogens is 1. The first kappa shape index (κ1) is 23.6. The van der Waals surface area contributed by atoms with Gasteiger partial charge in [-0.2, -0.15) is 0 Å². The summed E-state index contributed by atoms with van der Waals surface area (Å²) in [5.41, 5.74) is 1.16. The summed E-state index contributed by atoms with van der Waals surface area (Å²) in [5.74, 6) is 2.70. The summed E-state index contributed by atoms with van der Waals surface area (Å²) in [5, 5.41) is 19.1.